The van der Waals surface area contributed by atoms with Gasteiger partial charge in [-0.05, 0) is 55.4 Å². The smallest absolute Gasteiger partial charge is 0.335 e. The number of ether oxygens (including phenoxy) is 1. The van der Waals surface area contributed by atoms with Crippen molar-refractivity contribution >= 4 is 16.9 Å². The minimum Gasteiger partial charge on any atom is -0.497 e. The highest BCUT2D eigenvalue weighted by Crippen LogP contribution is 2.46. The quantitative estimate of drug-likeness (QED) is 0.811. The highest BCUT2D eigenvalue weighted by molar-refractivity contribution is 5.95. The van der Waals surface area contributed by atoms with Gasteiger partial charge in [-0.1, -0.05) is 25.3 Å². The molecule has 2 aliphatic heterocycles. The van der Waals surface area contributed by atoms with Crippen LogP contribution in [0.5, 0.6) is 0 Å². The molecule has 4 heteroatoms. The lowest BCUT2D eigenvalue weighted by molar-refractivity contribution is 0.0697. The van der Waals surface area contributed by atoms with Gasteiger partial charge in [0.15, 0.2) is 0 Å². The van der Waals surface area contributed by atoms with E-state index < -0.39 is 5.97 Å². The summed E-state index contributed by atoms with van der Waals surface area (Å²) in [4.78, 5) is 11.5. The van der Waals surface area contributed by atoms with Gasteiger partial charge >= 0.3 is 5.97 Å². The molecule has 3 aliphatic rings. The Labute approximate surface area is 153 Å². The highest BCUT2D eigenvalue weighted by atomic mass is 16.5. The first-order valence-corrected chi connectivity index (χ1v) is 9.95. The molecule has 0 bridgehead atoms. The number of benzene rings is 1. The van der Waals surface area contributed by atoms with Gasteiger partial charge in [-0.25, -0.2) is 4.79 Å². The molecule has 2 aromatic rings. The zero-order valence-corrected chi connectivity index (χ0v) is 15.0. The molecule has 0 radical (unpaired) electrons. The summed E-state index contributed by atoms with van der Waals surface area (Å²) in [5.74, 6) is 0.0401. The van der Waals surface area contributed by atoms with Gasteiger partial charge in [-0.15, -0.1) is 0 Å². The average molecular weight is 351 g/mol. The van der Waals surface area contributed by atoms with Crippen molar-refractivity contribution in [2.75, 3.05) is 0 Å². The summed E-state index contributed by atoms with van der Waals surface area (Å²) in [6.45, 7) is 0.950. The van der Waals surface area contributed by atoms with E-state index in [4.69, 9.17) is 4.74 Å². The SMILES string of the molecule is O=C(O)c1ccc2c(C3CCCCC3)c3n(c2c1)CCCC1OC=CC31. The molecule has 1 fully saturated rings. The fourth-order valence-electron chi connectivity index (χ4n) is 5.35. The number of hydrogen-bond donors (Lipinski definition) is 1. The van der Waals surface area contributed by atoms with Crippen LogP contribution in [0.4, 0.5) is 0 Å². The van der Waals surface area contributed by atoms with Crippen molar-refractivity contribution < 1.29 is 14.6 Å². The predicted molar refractivity (Wildman–Crippen MR) is 101 cm³/mol. The van der Waals surface area contributed by atoms with Gasteiger partial charge in [-0.2, -0.15) is 0 Å². The topological polar surface area (TPSA) is 51.5 Å². The van der Waals surface area contributed by atoms with Crippen LogP contribution in [0.25, 0.3) is 10.9 Å². The Hall–Kier alpha value is -2.23. The Morgan fingerprint density at radius 2 is 1.96 bits per heavy atom. The van der Waals surface area contributed by atoms with Crippen molar-refractivity contribution in [3.8, 4) is 0 Å². The number of aryl methyl sites for hydroxylation is 1. The van der Waals surface area contributed by atoms with Gasteiger partial charge in [0.25, 0.3) is 0 Å². The van der Waals surface area contributed by atoms with Crippen LogP contribution in [0.15, 0.2) is 30.5 Å². The van der Waals surface area contributed by atoms with Gasteiger partial charge in [0, 0.05) is 23.1 Å². The molecule has 1 aromatic carbocycles. The maximum Gasteiger partial charge on any atom is 0.335 e. The molecule has 3 heterocycles. The number of aromatic carboxylic acids is 1. The van der Waals surface area contributed by atoms with E-state index in [2.05, 4.69) is 16.7 Å². The van der Waals surface area contributed by atoms with Gasteiger partial charge in [0.1, 0.15) is 6.10 Å². The Morgan fingerprint density at radius 3 is 2.77 bits per heavy atom. The first kappa shape index (κ1) is 16.0. The summed E-state index contributed by atoms with van der Waals surface area (Å²) in [5, 5.41) is 10.7. The zero-order chi connectivity index (χ0) is 17.7. The minimum absolute atomic E-state index is 0.238. The summed E-state index contributed by atoms with van der Waals surface area (Å²) < 4.78 is 8.32. The van der Waals surface area contributed by atoms with E-state index in [1.807, 2.05) is 12.3 Å². The molecular formula is C22H25NO3. The van der Waals surface area contributed by atoms with Crippen LogP contribution in [-0.2, 0) is 11.3 Å². The van der Waals surface area contributed by atoms with Crippen LogP contribution in [0.3, 0.4) is 0 Å². The average Bonchev–Trinajstić information content (AvgIpc) is 3.20. The first-order valence-electron chi connectivity index (χ1n) is 9.95. The molecule has 0 amide bonds. The highest BCUT2D eigenvalue weighted by Gasteiger charge is 2.36. The molecule has 0 saturated heterocycles. The molecule has 1 saturated carbocycles. The fourth-order valence-corrected chi connectivity index (χ4v) is 5.35. The second-order valence-electron chi connectivity index (χ2n) is 7.99. The molecule has 1 aromatic heterocycles. The lowest BCUT2D eigenvalue weighted by atomic mass is 9.80. The second kappa shape index (κ2) is 6.19. The summed E-state index contributed by atoms with van der Waals surface area (Å²) in [6.07, 6.45) is 12.9. The number of hydrogen-bond acceptors (Lipinski definition) is 2. The van der Waals surface area contributed by atoms with Gasteiger partial charge in [0.05, 0.1) is 17.7 Å². The number of carboxylic acids is 1. The third-order valence-electron chi connectivity index (χ3n) is 6.53. The maximum atomic E-state index is 11.5. The number of carboxylic acid groups (broad SMARTS) is 1. The van der Waals surface area contributed by atoms with Crippen LogP contribution in [0.1, 0.15) is 78.4 Å². The molecule has 2 unspecified atom stereocenters. The normalized spacial score (nSPS) is 25.5. The minimum atomic E-state index is -0.850. The molecule has 26 heavy (non-hydrogen) atoms. The van der Waals surface area contributed by atoms with E-state index in [9.17, 15) is 9.90 Å². The molecule has 4 nitrogen and oxygen atoms in total. The van der Waals surface area contributed by atoms with Crippen molar-refractivity contribution in [3.05, 3.63) is 47.4 Å². The summed E-state index contributed by atoms with van der Waals surface area (Å²) in [7, 11) is 0. The van der Waals surface area contributed by atoms with Crippen molar-refractivity contribution in [2.45, 2.75) is 69.4 Å². The molecule has 1 aliphatic carbocycles. The summed E-state index contributed by atoms with van der Waals surface area (Å²) >= 11 is 0. The molecule has 2 atom stereocenters. The number of aromatic nitrogens is 1. The first-order chi connectivity index (χ1) is 12.7. The lowest BCUT2D eigenvalue weighted by Gasteiger charge is -2.25. The molecular weight excluding hydrogens is 326 g/mol. The van der Waals surface area contributed by atoms with Crippen LogP contribution < -0.4 is 0 Å². The molecule has 136 valence electrons. The van der Waals surface area contributed by atoms with Crippen molar-refractivity contribution in [1.82, 2.24) is 4.57 Å². The maximum absolute atomic E-state index is 11.5. The van der Waals surface area contributed by atoms with Crippen molar-refractivity contribution in [2.24, 2.45) is 0 Å². The standard InChI is InChI=1S/C22H25NO3/c24-22(25)15-8-9-16-18(13-15)23-11-4-7-19-17(10-12-26-19)21(23)20(16)14-5-2-1-3-6-14/h8-10,12-14,17,19H,1-7,11H2,(H,24,25). The number of nitrogens with zero attached hydrogens (tertiary/aromatic N) is 1. The Morgan fingerprint density at radius 1 is 1.12 bits per heavy atom. The predicted octanol–water partition coefficient (Wildman–Crippen LogP) is 5.18. The summed E-state index contributed by atoms with van der Waals surface area (Å²) in [5.41, 5.74) is 4.35. The third kappa shape index (κ3) is 2.38. The number of fused-ring (bicyclic) bond motifs is 5. The van der Waals surface area contributed by atoms with Crippen LogP contribution in [0, 0.1) is 0 Å². The fraction of sp³-hybridized carbons (Fsp3) is 0.500. The Balaban J connectivity index is 1.77. The van der Waals surface area contributed by atoms with Crippen LogP contribution >= 0.6 is 0 Å². The summed E-state index contributed by atoms with van der Waals surface area (Å²) in [6, 6.07) is 5.71. The Kier molecular flexibility index (Phi) is 3.80. The van der Waals surface area contributed by atoms with E-state index >= 15 is 0 Å². The van der Waals surface area contributed by atoms with Crippen molar-refractivity contribution in [3.63, 3.8) is 0 Å². The zero-order valence-electron chi connectivity index (χ0n) is 15.0. The van der Waals surface area contributed by atoms with Crippen molar-refractivity contribution in [1.29, 1.82) is 0 Å². The van der Waals surface area contributed by atoms with E-state index in [1.54, 1.807) is 6.07 Å². The third-order valence-corrected chi connectivity index (χ3v) is 6.53. The van der Waals surface area contributed by atoms with Crippen LogP contribution in [-0.4, -0.2) is 21.7 Å². The van der Waals surface area contributed by atoms with Gasteiger partial charge < -0.3 is 14.4 Å². The lowest BCUT2D eigenvalue weighted by Crippen LogP contribution is -2.17. The molecule has 0 spiro atoms. The van der Waals surface area contributed by atoms with E-state index in [1.165, 1.54) is 48.7 Å². The molecule has 5 rings (SSSR count). The van der Waals surface area contributed by atoms with Gasteiger partial charge in [-0.3, -0.25) is 0 Å². The van der Waals surface area contributed by atoms with E-state index in [0.29, 0.717) is 17.4 Å². The van der Waals surface area contributed by atoms with Crippen LogP contribution in [0.2, 0.25) is 0 Å². The van der Waals surface area contributed by atoms with E-state index in [-0.39, 0.29) is 6.10 Å². The van der Waals surface area contributed by atoms with E-state index in [0.717, 1.165) is 24.9 Å². The Bertz CT molecular complexity index is 888. The number of rotatable bonds is 2. The monoisotopic (exact) mass is 351 g/mol. The van der Waals surface area contributed by atoms with Gasteiger partial charge in [0.2, 0.25) is 0 Å². The molecule has 1 N–H and O–H groups in total. The largest absolute Gasteiger partial charge is 0.497 e. The number of carbonyl (C=O) groups is 1. The second-order valence-corrected chi connectivity index (χ2v) is 7.99.